The van der Waals surface area contributed by atoms with Crippen molar-refractivity contribution in [2.45, 2.75) is 43.5 Å². The molecule has 32 heavy (non-hydrogen) atoms. The molecular weight excluding hydrogens is 449 g/mol. The van der Waals surface area contributed by atoms with Gasteiger partial charge in [-0.2, -0.15) is 0 Å². The number of hydrogen-bond acceptors (Lipinski definition) is 1. The molecule has 0 bridgehead atoms. The van der Waals surface area contributed by atoms with Crippen molar-refractivity contribution >= 4 is 50.2 Å². The maximum atomic E-state index is 4.93. The zero-order valence-corrected chi connectivity index (χ0v) is 22.3. The Hall–Kier alpha value is -2.59. The van der Waals surface area contributed by atoms with Crippen molar-refractivity contribution in [2.75, 3.05) is 0 Å². The van der Waals surface area contributed by atoms with Gasteiger partial charge in [-0.05, 0) is 0 Å². The second-order valence-corrected chi connectivity index (χ2v) is 21.7. The van der Waals surface area contributed by atoms with Crippen LogP contribution in [0.3, 0.4) is 0 Å². The quantitative estimate of drug-likeness (QED) is 0.241. The molecule has 3 heteroatoms. The number of aryl methyl sites for hydroxylation is 1. The van der Waals surface area contributed by atoms with Crippen LogP contribution in [0.5, 0.6) is 0 Å². The van der Waals surface area contributed by atoms with Gasteiger partial charge in [-0.1, -0.05) is 0 Å². The fourth-order valence-electron chi connectivity index (χ4n) is 4.91. The first kappa shape index (κ1) is 21.3. The molecule has 0 amide bonds. The molecule has 3 aromatic carbocycles. The van der Waals surface area contributed by atoms with Crippen LogP contribution >= 0.6 is 0 Å². The topological polar surface area (TPSA) is 17.8 Å². The summed E-state index contributed by atoms with van der Waals surface area (Å²) in [6.45, 7) is 6.88. The molecule has 162 valence electrons. The Kier molecular flexibility index (Phi) is 4.79. The summed E-state index contributed by atoms with van der Waals surface area (Å²) in [5.41, 5.74) is 6.21. The molecule has 0 atom stereocenters. The van der Waals surface area contributed by atoms with Crippen molar-refractivity contribution in [3.05, 3.63) is 72.4 Å². The van der Waals surface area contributed by atoms with E-state index in [0.717, 1.165) is 5.69 Å². The zero-order chi connectivity index (χ0) is 22.8. The van der Waals surface area contributed by atoms with Gasteiger partial charge in [-0.25, -0.2) is 0 Å². The molecule has 0 spiro atoms. The van der Waals surface area contributed by atoms with Gasteiger partial charge >= 0.3 is 194 Å². The molecule has 0 fully saturated rings. The second-order valence-electron chi connectivity index (χ2n) is 11.1. The Morgan fingerprint density at radius 1 is 0.812 bits per heavy atom. The van der Waals surface area contributed by atoms with Crippen LogP contribution < -0.4 is 4.40 Å². The van der Waals surface area contributed by atoms with Gasteiger partial charge in [0.25, 0.3) is 0 Å². The van der Waals surface area contributed by atoms with Gasteiger partial charge in [0.2, 0.25) is 0 Å². The normalized spacial score (nSPS) is 12.8. The molecule has 0 radical (unpaired) electrons. The summed E-state index contributed by atoms with van der Waals surface area (Å²) < 4.78 is 3.90. The van der Waals surface area contributed by atoms with E-state index in [-0.39, 0.29) is 5.41 Å². The fourth-order valence-corrected chi connectivity index (χ4v) is 7.33. The van der Waals surface area contributed by atoms with Gasteiger partial charge in [-0.15, -0.1) is 0 Å². The molecule has 2 nitrogen and oxygen atoms in total. The summed E-state index contributed by atoms with van der Waals surface area (Å²) in [5.74, 6) is 7.37. The molecule has 0 aliphatic carbocycles. The van der Waals surface area contributed by atoms with Crippen LogP contribution in [0.15, 0.2) is 66.9 Å². The van der Waals surface area contributed by atoms with E-state index in [1.165, 1.54) is 43.7 Å². The molecule has 0 unspecified atom stereocenters. The van der Waals surface area contributed by atoms with Crippen LogP contribution in [0, 0.1) is 0 Å². The van der Waals surface area contributed by atoms with E-state index in [4.69, 9.17) is 4.98 Å². The summed E-state index contributed by atoms with van der Waals surface area (Å²) in [6, 6.07) is 22.7. The van der Waals surface area contributed by atoms with Crippen molar-refractivity contribution in [1.82, 2.24) is 9.55 Å². The van der Waals surface area contributed by atoms with Gasteiger partial charge in [0.05, 0.1) is 0 Å². The summed E-state index contributed by atoms with van der Waals surface area (Å²) in [4.78, 5) is 4.93. The fraction of sp³-hybridized carbons (Fsp3) is 0.276. The summed E-state index contributed by atoms with van der Waals surface area (Å²) in [6.07, 6.45) is 1.97. The van der Waals surface area contributed by atoms with Crippen molar-refractivity contribution in [3.63, 3.8) is 0 Å². The number of nitrogens with zero attached hydrogens (tertiary/aromatic N) is 2. The average Bonchev–Trinajstić information content (AvgIpc) is 3.03. The number of fused-ring (bicyclic) bond motifs is 4. The van der Waals surface area contributed by atoms with Gasteiger partial charge < -0.3 is 0 Å². The first-order valence-electron chi connectivity index (χ1n) is 11.5. The Labute approximate surface area is 193 Å². The van der Waals surface area contributed by atoms with Crippen LogP contribution in [0.2, 0.25) is 17.3 Å². The van der Waals surface area contributed by atoms with Crippen LogP contribution in [0.1, 0.15) is 26.3 Å². The third-order valence-electron chi connectivity index (χ3n) is 6.72. The van der Waals surface area contributed by atoms with E-state index in [0.29, 0.717) is 0 Å². The standard InChI is InChI=1S/C29H32GeN2/c1-29(2,3)25-17-20(16-19-10-8-9-11-22(19)25)27-28-24(14-15-31-27)23-13-12-21(30(4,5)6)18-26(23)32(28)7/h8-18H,1-7H3. The van der Waals surface area contributed by atoms with Crippen LogP contribution in [-0.2, 0) is 12.5 Å². The van der Waals surface area contributed by atoms with Crippen molar-refractivity contribution in [3.8, 4) is 11.3 Å². The van der Waals surface area contributed by atoms with E-state index in [1.807, 2.05) is 6.20 Å². The van der Waals surface area contributed by atoms with Crippen molar-refractivity contribution in [1.29, 1.82) is 0 Å². The van der Waals surface area contributed by atoms with Crippen molar-refractivity contribution < 1.29 is 0 Å². The number of benzene rings is 3. The number of hydrogen-bond donors (Lipinski definition) is 0. The SMILES string of the molecule is Cn1c2c[c]([Ge]([CH3])([CH3])[CH3])ccc2c2ccnc(-c3cc(C(C)(C)C)c4ccccc4c3)c21. The Morgan fingerprint density at radius 3 is 2.28 bits per heavy atom. The first-order chi connectivity index (χ1) is 15.1. The monoisotopic (exact) mass is 482 g/mol. The van der Waals surface area contributed by atoms with E-state index >= 15 is 0 Å². The molecule has 0 N–H and O–H groups in total. The molecule has 0 saturated carbocycles. The predicted octanol–water partition coefficient (Wildman–Crippen LogP) is 7.39. The summed E-state index contributed by atoms with van der Waals surface area (Å²) in [7, 11) is 2.20. The third kappa shape index (κ3) is 3.36. The molecule has 5 aromatic rings. The van der Waals surface area contributed by atoms with Gasteiger partial charge in [-0.3, -0.25) is 0 Å². The van der Waals surface area contributed by atoms with Gasteiger partial charge in [0.1, 0.15) is 0 Å². The minimum atomic E-state index is -1.91. The molecule has 0 aliphatic rings. The van der Waals surface area contributed by atoms with Crippen LogP contribution in [0.25, 0.3) is 43.8 Å². The van der Waals surface area contributed by atoms with Gasteiger partial charge in [0.15, 0.2) is 0 Å². The number of rotatable bonds is 2. The van der Waals surface area contributed by atoms with E-state index < -0.39 is 13.3 Å². The summed E-state index contributed by atoms with van der Waals surface area (Å²) >= 11 is -1.91. The van der Waals surface area contributed by atoms with E-state index in [2.05, 4.69) is 110 Å². The Balaban J connectivity index is 1.85. The second kappa shape index (κ2) is 7.21. The zero-order valence-electron chi connectivity index (χ0n) is 20.2. The van der Waals surface area contributed by atoms with Crippen LogP contribution in [-0.4, -0.2) is 22.8 Å². The minimum absolute atomic E-state index is 0.0519. The molecule has 0 saturated heterocycles. The third-order valence-corrected chi connectivity index (χ3v) is 11.0. The predicted molar refractivity (Wildman–Crippen MR) is 143 cm³/mol. The number of pyridine rings is 1. The van der Waals surface area contributed by atoms with Crippen LogP contribution in [0.4, 0.5) is 0 Å². The first-order valence-corrected chi connectivity index (χ1v) is 18.8. The molecular formula is C29H32GeN2. The number of aromatic nitrogens is 2. The molecule has 5 rings (SSSR count). The van der Waals surface area contributed by atoms with Crippen molar-refractivity contribution in [2.24, 2.45) is 7.05 Å². The average molecular weight is 481 g/mol. The Morgan fingerprint density at radius 2 is 1.56 bits per heavy atom. The molecule has 2 aromatic heterocycles. The Bertz CT molecular complexity index is 1490. The molecule has 0 aliphatic heterocycles. The van der Waals surface area contributed by atoms with E-state index in [9.17, 15) is 0 Å². The summed E-state index contributed by atoms with van der Waals surface area (Å²) in [5, 5.41) is 5.20. The van der Waals surface area contributed by atoms with Gasteiger partial charge in [0, 0.05) is 0 Å². The van der Waals surface area contributed by atoms with E-state index in [1.54, 1.807) is 4.40 Å². The molecule has 2 heterocycles. The maximum absolute atomic E-state index is 4.93.